The van der Waals surface area contributed by atoms with Crippen LogP contribution in [0.25, 0.3) is 10.9 Å². The van der Waals surface area contributed by atoms with E-state index in [1.54, 1.807) is 24.3 Å². The van der Waals surface area contributed by atoms with Gasteiger partial charge in [0.15, 0.2) is 0 Å². The lowest BCUT2D eigenvalue weighted by Crippen LogP contribution is -2.06. The van der Waals surface area contributed by atoms with E-state index < -0.39 is 0 Å². The lowest BCUT2D eigenvalue weighted by atomic mass is 10.2. The van der Waals surface area contributed by atoms with E-state index in [-0.39, 0.29) is 5.91 Å². The van der Waals surface area contributed by atoms with Gasteiger partial charge in [0.2, 0.25) is 5.91 Å². The van der Waals surface area contributed by atoms with Gasteiger partial charge >= 0.3 is 0 Å². The quantitative estimate of drug-likeness (QED) is 0.792. The number of nitrogens with one attached hydrogen (secondary N) is 1. The molecular weight excluding hydrogens is 247 g/mol. The molecule has 0 aliphatic rings. The molecule has 3 nitrogen and oxygen atoms in total. The molecule has 0 saturated heterocycles. The lowest BCUT2D eigenvalue weighted by molar-refractivity contribution is -0.114. The molecule has 0 unspecified atom stereocenters. The molecule has 0 saturated carbocycles. The summed E-state index contributed by atoms with van der Waals surface area (Å²) in [4.78, 5) is 15.2. The zero-order chi connectivity index (χ0) is 11.7. The molecule has 82 valence electrons. The van der Waals surface area contributed by atoms with Crippen molar-refractivity contribution in [3.8, 4) is 0 Å². The average molecular weight is 255 g/mol. The van der Waals surface area contributed by atoms with Gasteiger partial charge in [-0.05, 0) is 24.3 Å². The number of carbonyl (C=O) groups excluding carboxylic acids is 1. The van der Waals surface area contributed by atoms with Gasteiger partial charge in [0.25, 0.3) is 0 Å². The third-order valence-corrected chi connectivity index (χ3v) is 2.62. The van der Waals surface area contributed by atoms with Crippen LogP contribution in [0.2, 0.25) is 10.2 Å². The molecule has 0 radical (unpaired) electrons. The first-order valence-electron chi connectivity index (χ1n) is 4.60. The molecule has 0 aliphatic carbocycles. The number of amides is 1. The predicted octanol–water partition coefficient (Wildman–Crippen LogP) is 3.50. The zero-order valence-electron chi connectivity index (χ0n) is 8.42. The largest absolute Gasteiger partial charge is 0.324 e. The van der Waals surface area contributed by atoms with Crippen molar-refractivity contribution in [1.29, 1.82) is 0 Å². The van der Waals surface area contributed by atoms with Crippen molar-refractivity contribution < 1.29 is 4.79 Å². The van der Waals surface area contributed by atoms with Gasteiger partial charge in [0.1, 0.15) is 5.15 Å². The van der Waals surface area contributed by atoms with Gasteiger partial charge < -0.3 is 5.32 Å². The summed E-state index contributed by atoms with van der Waals surface area (Å²) in [7, 11) is 0. The van der Waals surface area contributed by atoms with E-state index in [2.05, 4.69) is 10.3 Å². The monoisotopic (exact) mass is 254 g/mol. The lowest BCUT2D eigenvalue weighted by Gasteiger charge is -2.07. The van der Waals surface area contributed by atoms with Gasteiger partial charge in [0, 0.05) is 12.3 Å². The molecule has 2 aromatic rings. The Hall–Kier alpha value is -1.32. The van der Waals surface area contributed by atoms with Crippen molar-refractivity contribution in [2.45, 2.75) is 6.92 Å². The van der Waals surface area contributed by atoms with Gasteiger partial charge in [0.05, 0.1) is 16.2 Å². The Bertz CT molecular complexity index is 569. The topological polar surface area (TPSA) is 42.0 Å². The van der Waals surface area contributed by atoms with Crippen LogP contribution < -0.4 is 5.32 Å². The Labute approximate surface area is 102 Å². The van der Waals surface area contributed by atoms with Crippen LogP contribution in [0.4, 0.5) is 5.69 Å². The van der Waals surface area contributed by atoms with Gasteiger partial charge in [-0.15, -0.1) is 0 Å². The Morgan fingerprint density at radius 2 is 2.00 bits per heavy atom. The highest BCUT2D eigenvalue weighted by atomic mass is 35.5. The van der Waals surface area contributed by atoms with Crippen LogP contribution in [0.15, 0.2) is 24.3 Å². The second kappa shape index (κ2) is 4.28. The Morgan fingerprint density at radius 1 is 1.25 bits per heavy atom. The molecule has 1 amide bonds. The van der Waals surface area contributed by atoms with E-state index in [1.807, 2.05) is 0 Å². The van der Waals surface area contributed by atoms with E-state index in [1.165, 1.54) is 6.92 Å². The fraction of sp³-hybridized carbons (Fsp3) is 0.0909. The van der Waals surface area contributed by atoms with E-state index in [4.69, 9.17) is 23.2 Å². The van der Waals surface area contributed by atoms with Crippen LogP contribution in [0.1, 0.15) is 6.92 Å². The molecule has 1 heterocycles. The molecule has 0 spiro atoms. The minimum absolute atomic E-state index is 0.162. The zero-order valence-corrected chi connectivity index (χ0v) is 9.93. The summed E-state index contributed by atoms with van der Waals surface area (Å²) >= 11 is 11.8. The number of carbonyl (C=O) groups is 1. The highest BCUT2D eigenvalue weighted by Crippen LogP contribution is 2.29. The van der Waals surface area contributed by atoms with Gasteiger partial charge in [-0.3, -0.25) is 4.79 Å². The van der Waals surface area contributed by atoms with E-state index >= 15 is 0 Å². The molecule has 1 aromatic carbocycles. The van der Waals surface area contributed by atoms with Gasteiger partial charge in [-0.1, -0.05) is 23.2 Å². The number of rotatable bonds is 1. The number of anilines is 1. The van der Waals surface area contributed by atoms with Crippen LogP contribution in [0.5, 0.6) is 0 Å². The van der Waals surface area contributed by atoms with Crippen molar-refractivity contribution in [2.75, 3.05) is 5.32 Å². The summed E-state index contributed by atoms with van der Waals surface area (Å²) in [6.07, 6.45) is 0. The standard InChI is InChI=1S/C11H8Cl2N2O/c1-6(16)14-9-4-3-8(12)7-2-5-10(13)15-11(7)9/h2-5H,1H3,(H,14,16). The summed E-state index contributed by atoms with van der Waals surface area (Å²) in [6, 6.07) is 6.85. The number of hydrogen-bond donors (Lipinski definition) is 1. The molecule has 1 N–H and O–H groups in total. The van der Waals surface area contributed by atoms with Crippen LogP contribution in [-0.2, 0) is 4.79 Å². The van der Waals surface area contributed by atoms with E-state index in [9.17, 15) is 4.79 Å². The molecule has 0 aliphatic heterocycles. The summed E-state index contributed by atoms with van der Waals surface area (Å²) in [5.41, 5.74) is 1.20. The second-order valence-corrected chi connectivity index (χ2v) is 4.10. The number of benzene rings is 1. The van der Waals surface area contributed by atoms with Crippen molar-refractivity contribution in [3.05, 3.63) is 34.4 Å². The molecule has 2 rings (SSSR count). The number of hydrogen-bond acceptors (Lipinski definition) is 2. The van der Waals surface area contributed by atoms with Crippen molar-refractivity contribution in [2.24, 2.45) is 0 Å². The number of nitrogens with zero attached hydrogens (tertiary/aromatic N) is 1. The molecule has 5 heteroatoms. The van der Waals surface area contributed by atoms with Crippen molar-refractivity contribution in [1.82, 2.24) is 4.98 Å². The highest BCUT2D eigenvalue weighted by molar-refractivity contribution is 6.36. The summed E-state index contributed by atoms with van der Waals surface area (Å²) in [5, 5.41) is 4.38. The summed E-state index contributed by atoms with van der Waals surface area (Å²) < 4.78 is 0. The smallest absolute Gasteiger partial charge is 0.221 e. The predicted molar refractivity (Wildman–Crippen MR) is 66.1 cm³/mol. The first-order valence-corrected chi connectivity index (χ1v) is 5.36. The van der Waals surface area contributed by atoms with E-state index in [0.717, 1.165) is 5.39 Å². The van der Waals surface area contributed by atoms with Crippen LogP contribution in [0.3, 0.4) is 0 Å². The molecular formula is C11H8Cl2N2O. The maximum absolute atomic E-state index is 11.0. The molecule has 0 fully saturated rings. The summed E-state index contributed by atoms with van der Waals surface area (Å²) in [6.45, 7) is 1.44. The molecule has 1 aromatic heterocycles. The fourth-order valence-electron chi connectivity index (χ4n) is 1.45. The average Bonchev–Trinajstić information content (AvgIpc) is 2.22. The Morgan fingerprint density at radius 3 is 2.69 bits per heavy atom. The minimum Gasteiger partial charge on any atom is -0.324 e. The minimum atomic E-state index is -0.162. The number of halogens is 2. The third kappa shape index (κ3) is 2.10. The molecule has 0 bridgehead atoms. The third-order valence-electron chi connectivity index (χ3n) is 2.08. The number of aromatic nitrogens is 1. The second-order valence-electron chi connectivity index (χ2n) is 3.31. The number of pyridine rings is 1. The van der Waals surface area contributed by atoms with Crippen molar-refractivity contribution in [3.63, 3.8) is 0 Å². The van der Waals surface area contributed by atoms with Crippen LogP contribution in [-0.4, -0.2) is 10.9 Å². The van der Waals surface area contributed by atoms with Crippen LogP contribution in [0, 0.1) is 0 Å². The van der Waals surface area contributed by atoms with E-state index in [0.29, 0.717) is 21.4 Å². The first kappa shape index (κ1) is 11.2. The summed E-state index contributed by atoms with van der Waals surface area (Å²) in [5.74, 6) is -0.162. The Balaban J connectivity index is 2.70. The Kier molecular flexibility index (Phi) is 2.99. The number of fused-ring (bicyclic) bond motifs is 1. The molecule has 0 atom stereocenters. The maximum Gasteiger partial charge on any atom is 0.221 e. The molecule has 16 heavy (non-hydrogen) atoms. The van der Waals surface area contributed by atoms with Crippen LogP contribution >= 0.6 is 23.2 Å². The van der Waals surface area contributed by atoms with Gasteiger partial charge in [-0.25, -0.2) is 4.98 Å². The maximum atomic E-state index is 11.0. The fourth-order valence-corrected chi connectivity index (χ4v) is 1.81. The highest BCUT2D eigenvalue weighted by Gasteiger charge is 2.07. The van der Waals surface area contributed by atoms with Gasteiger partial charge in [-0.2, -0.15) is 0 Å². The van der Waals surface area contributed by atoms with Crippen molar-refractivity contribution >= 4 is 45.7 Å². The normalized spacial score (nSPS) is 10.4. The SMILES string of the molecule is CC(=O)Nc1ccc(Cl)c2ccc(Cl)nc12. The first-order chi connectivity index (χ1) is 7.58.